The molecule has 1 unspecified atom stereocenters. The van der Waals surface area contributed by atoms with Crippen molar-refractivity contribution in [2.24, 2.45) is 0 Å². The highest BCUT2D eigenvalue weighted by atomic mass is 35.5. The summed E-state index contributed by atoms with van der Waals surface area (Å²) in [5.41, 5.74) is 2.42. The number of methoxy groups -OCH3 is 1. The van der Waals surface area contributed by atoms with Crippen LogP contribution < -0.4 is 10.1 Å². The standard InChI is InChI=1S/C25H20ClN3O6/c1-13(23(30)29-20-11-15(24(31)32)5-9-18(20)26)35-25(33)16-6-10-19-21(12-16)28-22(27-19)14-3-7-17(34-2)8-4-14/h3-13H,1-2H3,(H,27,28)(H,29,30)(H,31,32). The Morgan fingerprint density at radius 2 is 1.74 bits per heavy atom. The maximum Gasteiger partial charge on any atom is 0.338 e. The molecule has 0 saturated carbocycles. The lowest BCUT2D eigenvalue weighted by Gasteiger charge is -2.14. The van der Waals surface area contributed by atoms with E-state index in [9.17, 15) is 14.4 Å². The number of halogens is 1. The molecule has 1 heterocycles. The van der Waals surface area contributed by atoms with Gasteiger partial charge < -0.3 is 24.9 Å². The summed E-state index contributed by atoms with van der Waals surface area (Å²) in [5, 5.41) is 11.8. The maximum atomic E-state index is 12.7. The Morgan fingerprint density at radius 1 is 1.03 bits per heavy atom. The SMILES string of the molecule is COc1ccc(-c2nc3ccc(C(=O)OC(C)C(=O)Nc4cc(C(=O)O)ccc4Cl)cc3[nH]2)cc1. The molecule has 0 fully saturated rings. The lowest BCUT2D eigenvalue weighted by molar-refractivity contribution is -0.123. The predicted octanol–water partition coefficient (Wildman–Crippen LogP) is 4.77. The first-order valence-corrected chi connectivity index (χ1v) is 10.8. The van der Waals surface area contributed by atoms with Gasteiger partial charge in [-0.25, -0.2) is 14.6 Å². The fourth-order valence-corrected chi connectivity index (χ4v) is 3.46. The monoisotopic (exact) mass is 493 g/mol. The van der Waals surface area contributed by atoms with Crippen molar-refractivity contribution < 1.29 is 29.0 Å². The molecule has 4 rings (SSSR count). The van der Waals surface area contributed by atoms with Crippen molar-refractivity contribution in [2.75, 3.05) is 12.4 Å². The summed E-state index contributed by atoms with van der Waals surface area (Å²) in [7, 11) is 1.59. The number of carbonyl (C=O) groups excluding carboxylic acids is 2. The van der Waals surface area contributed by atoms with Gasteiger partial charge in [0.15, 0.2) is 6.10 Å². The fraction of sp³-hybridized carbons (Fsp3) is 0.120. The van der Waals surface area contributed by atoms with Crippen LogP contribution in [0.25, 0.3) is 22.4 Å². The van der Waals surface area contributed by atoms with E-state index in [2.05, 4.69) is 15.3 Å². The van der Waals surface area contributed by atoms with E-state index in [0.29, 0.717) is 16.9 Å². The van der Waals surface area contributed by atoms with Crippen molar-refractivity contribution >= 4 is 46.2 Å². The van der Waals surface area contributed by atoms with Gasteiger partial charge in [0.05, 0.1) is 40.0 Å². The number of aromatic nitrogens is 2. The number of aromatic carboxylic acids is 1. The van der Waals surface area contributed by atoms with Gasteiger partial charge in [-0.3, -0.25) is 4.79 Å². The van der Waals surface area contributed by atoms with Crippen LogP contribution in [0.5, 0.6) is 5.75 Å². The van der Waals surface area contributed by atoms with E-state index in [1.807, 2.05) is 24.3 Å². The van der Waals surface area contributed by atoms with Gasteiger partial charge in [0.2, 0.25) is 0 Å². The number of carboxylic acids is 1. The van der Waals surface area contributed by atoms with E-state index in [1.54, 1.807) is 25.3 Å². The van der Waals surface area contributed by atoms with Gasteiger partial charge in [-0.05, 0) is 67.6 Å². The van der Waals surface area contributed by atoms with Gasteiger partial charge >= 0.3 is 11.9 Å². The fourth-order valence-electron chi connectivity index (χ4n) is 3.29. The van der Waals surface area contributed by atoms with Crippen molar-refractivity contribution in [3.8, 4) is 17.1 Å². The van der Waals surface area contributed by atoms with Gasteiger partial charge in [0.25, 0.3) is 5.91 Å². The van der Waals surface area contributed by atoms with Gasteiger partial charge in [-0.2, -0.15) is 0 Å². The molecule has 0 radical (unpaired) electrons. The Hall–Kier alpha value is -4.37. The highest BCUT2D eigenvalue weighted by Crippen LogP contribution is 2.25. The molecule has 0 aliphatic rings. The number of ether oxygens (including phenoxy) is 2. The van der Waals surface area contributed by atoms with Crippen LogP contribution in [-0.4, -0.2) is 46.1 Å². The number of benzene rings is 3. The second-order valence-corrected chi connectivity index (χ2v) is 7.99. The molecular formula is C25H20ClN3O6. The molecule has 1 amide bonds. The molecule has 1 atom stereocenters. The molecule has 0 spiro atoms. The molecule has 10 heteroatoms. The molecule has 0 aliphatic carbocycles. The molecular weight excluding hydrogens is 474 g/mol. The summed E-state index contributed by atoms with van der Waals surface area (Å²) in [4.78, 5) is 44.0. The number of nitrogens with one attached hydrogen (secondary N) is 2. The second-order valence-electron chi connectivity index (χ2n) is 7.58. The maximum absolute atomic E-state index is 12.7. The highest BCUT2D eigenvalue weighted by Gasteiger charge is 2.21. The van der Waals surface area contributed by atoms with Crippen LogP contribution in [0.3, 0.4) is 0 Å². The smallest absolute Gasteiger partial charge is 0.338 e. The number of H-pyrrole nitrogens is 1. The van der Waals surface area contributed by atoms with E-state index >= 15 is 0 Å². The minimum atomic E-state index is -1.17. The number of aromatic amines is 1. The number of esters is 1. The molecule has 0 bridgehead atoms. The van der Waals surface area contributed by atoms with Crippen LogP contribution in [0.15, 0.2) is 60.7 Å². The van der Waals surface area contributed by atoms with E-state index in [1.165, 1.54) is 25.1 Å². The van der Waals surface area contributed by atoms with Gasteiger partial charge in [-0.15, -0.1) is 0 Å². The zero-order valence-electron chi connectivity index (χ0n) is 18.7. The van der Waals surface area contributed by atoms with E-state index in [-0.39, 0.29) is 21.8 Å². The van der Waals surface area contributed by atoms with E-state index in [4.69, 9.17) is 26.2 Å². The number of anilines is 1. The Labute approximate surface area is 204 Å². The van der Waals surface area contributed by atoms with Crippen LogP contribution in [0.1, 0.15) is 27.6 Å². The number of nitrogens with zero attached hydrogens (tertiary/aromatic N) is 1. The summed E-state index contributed by atoms with van der Waals surface area (Å²) >= 11 is 6.04. The molecule has 178 valence electrons. The topological polar surface area (TPSA) is 131 Å². The minimum Gasteiger partial charge on any atom is -0.497 e. The van der Waals surface area contributed by atoms with Crippen LogP contribution in [0.2, 0.25) is 5.02 Å². The summed E-state index contributed by atoms with van der Waals surface area (Å²) in [5.74, 6) is -1.18. The number of amides is 1. The minimum absolute atomic E-state index is 0.0452. The number of carboxylic acid groups (broad SMARTS) is 1. The summed E-state index contributed by atoms with van der Waals surface area (Å²) < 4.78 is 10.5. The first-order chi connectivity index (χ1) is 16.7. The molecule has 3 aromatic carbocycles. The zero-order valence-corrected chi connectivity index (χ0v) is 19.4. The van der Waals surface area contributed by atoms with Crippen molar-refractivity contribution in [3.05, 3.63) is 76.8 Å². The van der Waals surface area contributed by atoms with Gasteiger partial charge in [0, 0.05) is 5.56 Å². The lowest BCUT2D eigenvalue weighted by atomic mass is 10.2. The molecule has 0 aliphatic heterocycles. The van der Waals surface area contributed by atoms with E-state index in [0.717, 1.165) is 11.3 Å². The van der Waals surface area contributed by atoms with Crippen molar-refractivity contribution in [2.45, 2.75) is 13.0 Å². The molecule has 0 saturated heterocycles. The van der Waals surface area contributed by atoms with E-state index < -0.39 is 23.9 Å². The summed E-state index contributed by atoms with van der Waals surface area (Å²) in [6, 6.07) is 16.1. The number of fused-ring (bicyclic) bond motifs is 1. The molecule has 3 N–H and O–H groups in total. The largest absolute Gasteiger partial charge is 0.497 e. The number of rotatable bonds is 7. The average molecular weight is 494 g/mol. The number of hydrogen-bond donors (Lipinski definition) is 3. The third-order valence-electron chi connectivity index (χ3n) is 5.21. The van der Waals surface area contributed by atoms with Crippen LogP contribution in [-0.2, 0) is 9.53 Å². The molecule has 1 aromatic heterocycles. The quantitative estimate of drug-likeness (QED) is 0.316. The lowest BCUT2D eigenvalue weighted by Crippen LogP contribution is -2.30. The van der Waals surface area contributed by atoms with Crippen LogP contribution in [0.4, 0.5) is 5.69 Å². The second kappa shape index (κ2) is 9.86. The number of imidazole rings is 1. The van der Waals surface area contributed by atoms with Crippen LogP contribution in [0, 0.1) is 0 Å². The molecule has 9 nitrogen and oxygen atoms in total. The Bertz CT molecular complexity index is 1430. The predicted molar refractivity (Wildman–Crippen MR) is 130 cm³/mol. The van der Waals surface area contributed by atoms with Gasteiger partial charge in [-0.1, -0.05) is 11.6 Å². The third-order valence-corrected chi connectivity index (χ3v) is 5.53. The summed E-state index contributed by atoms with van der Waals surface area (Å²) in [6.07, 6.45) is -1.17. The third kappa shape index (κ3) is 5.25. The Morgan fingerprint density at radius 3 is 2.43 bits per heavy atom. The van der Waals surface area contributed by atoms with Crippen molar-refractivity contribution in [3.63, 3.8) is 0 Å². The molecule has 35 heavy (non-hydrogen) atoms. The Balaban J connectivity index is 1.46. The number of carbonyl (C=O) groups is 3. The van der Waals surface area contributed by atoms with Crippen LogP contribution >= 0.6 is 11.6 Å². The first-order valence-electron chi connectivity index (χ1n) is 10.4. The number of hydrogen-bond acceptors (Lipinski definition) is 6. The normalized spacial score (nSPS) is 11.6. The van der Waals surface area contributed by atoms with Crippen molar-refractivity contribution in [1.82, 2.24) is 9.97 Å². The zero-order chi connectivity index (χ0) is 25.1. The first kappa shape index (κ1) is 23.8. The average Bonchev–Trinajstić information content (AvgIpc) is 3.28. The molecule has 4 aromatic rings. The van der Waals surface area contributed by atoms with Gasteiger partial charge in [0.1, 0.15) is 11.6 Å². The highest BCUT2D eigenvalue weighted by molar-refractivity contribution is 6.34. The van der Waals surface area contributed by atoms with Crippen molar-refractivity contribution in [1.29, 1.82) is 0 Å². The summed E-state index contributed by atoms with van der Waals surface area (Å²) in [6.45, 7) is 1.40. The Kier molecular flexibility index (Phi) is 6.70.